The van der Waals surface area contributed by atoms with Gasteiger partial charge in [0.2, 0.25) is 0 Å². The second-order valence-electron chi connectivity index (χ2n) is 10.9. The molecule has 1 aliphatic carbocycles. The van der Waals surface area contributed by atoms with Crippen molar-refractivity contribution in [3.05, 3.63) is 88.0 Å². The lowest BCUT2D eigenvalue weighted by Gasteiger charge is -2.33. The van der Waals surface area contributed by atoms with Crippen LogP contribution < -0.4 is 0 Å². The van der Waals surface area contributed by atoms with Gasteiger partial charge in [-0.2, -0.15) is 24.9 Å². The number of alkyl halides is 4. The predicted octanol–water partition coefficient (Wildman–Crippen LogP) is 9.74. The maximum Gasteiger partial charge on any atom is 0.416 e. The highest BCUT2D eigenvalue weighted by molar-refractivity contribution is 7.99. The highest BCUT2D eigenvalue weighted by Crippen LogP contribution is 2.51. The number of aromatic nitrogens is 1. The van der Waals surface area contributed by atoms with Crippen LogP contribution in [0.1, 0.15) is 104 Å². The number of nitrogens with zero attached hydrogens (tertiary/aromatic N) is 1. The number of rotatable bonds is 8. The van der Waals surface area contributed by atoms with E-state index in [1.54, 1.807) is 23.9 Å². The Morgan fingerprint density at radius 3 is 2.18 bits per heavy atom. The van der Waals surface area contributed by atoms with E-state index < -0.39 is 29.8 Å². The van der Waals surface area contributed by atoms with E-state index in [2.05, 4.69) is 13.8 Å². The first-order chi connectivity index (χ1) is 18.4. The van der Waals surface area contributed by atoms with Gasteiger partial charge in [0.1, 0.15) is 5.82 Å². The van der Waals surface area contributed by atoms with Gasteiger partial charge in [-0.15, -0.1) is 0 Å². The molecule has 0 saturated carbocycles. The summed E-state index contributed by atoms with van der Waals surface area (Å²) in [5.74, 6) is 0.798. The number of pyridine rings is 1. The van der Waals surface area contributed by atoms with Crippen LogP contribution in [-0.4, -0.2) is 15.8 Å². The van der Waals surface area contributed by atoms with Crippen LogP contribution in [0.3, 0.4) is 0 Å². The molecule has 4 rings (SSSR count). The molecule has 8 heteroatoms. The van der Waals surface area contributed by atoms with Crippen molar-refractivity contribution in [1.29, 1.82) is 0 Å². The molecule has 0 spiro atoms. The standard InChI is InChI=1S/C31H34F5NOS/c1-17(2)15-16-39-24-14-13-23(38)26-25(19-7-11-22(32)12-8-19)27(29(18(3)4)37-30(24)26)28(33)20-5-9-21(10-6-20)31(34,35)36/h5-12,17-18,23-24,28,38H,13-16H2,1-4H3. The third-order valence-corrected chi connectivity index (χ3v) is 8.48. The summed E-state index contributed by atoms with van der Waals surface area (Å²) in [5.41, 5.74) is 2.14. The van der Waals surface area contributed by atoms with E-state index in [1.807, 2.05) is 13.8 Å². The summed E-state index contributed by atoms with van der Waals surface area (Å²) in [5, 5.41) is 11.3. The summed E-state index contributed by atoms with van der Waals surface area (Å²) < 4.78 is 70.0. The molecule has 0 fully saturated rings. The van der Waals surface area contributed by atoms with Gasteiger partial charge in [0.15, 0.2) is 6.17 Å². The van der Waals surface area contributed by atoms with E-state index in [-0.39, 0.29) is 22.3 Å². The van der Waals surface area contributed by atoms with Crippen LogP contribution in [0, 0.1) is 11.7 Å². The van der Waals surface area contributed by atoms with Crippen molar-refractivity contribution in [1.82, 2.24) is 4.98 Å². The summed E-state index contributed by atoms with van der Waals surface area (Å²) >= 11 is 1.78. The molecule has 1 aliphatic rings. The van der Waals surface area contributed by atoms with Crippen molar-refractivity contribution >= 4 is 11.8 Å². The van der Waals surface area contributed by atoms with Crippen molar-refractivity contribution in [2.24, 2.45) is 5.92 Å². The monoisotopic (exact) mass is 563 g/mol. The number of halogens is 5. The Balaban J connectivity index is 1.94. The fourth-order valence-electron chi connectivity index (χ4n) is 5.06. The number of hydrogen-bond acceptors (Lipinski definition) is 3. The van der Waals surface area contributed by atoms with E-state index in [0.717, 1.165) is 42.9 Å². The number of thioether (sulfide) groups is 1. The lowest BCUT2D eigenvalue weighted by molar-refractivity contribution is -0.137. The van der Waals surface area contributed by atoms with E-state index in [4.69, 9.17) is 4.98 Å². The van der Waals surface area contributed by atoms with Crippen molar-refractivity contribution in [2.75, 3.05) is 5.75 Å². The number of benzene rings is 2. The van der Waals surface area contributed by atoms with Crippen molar-refractivity contribution < 1.29 is 27.1 Å². The predicted molar refractivity (Wildman–Crippen MR) is 147 cm³/mol. The number of hydrogen-bond donors (Lipinski definition) is 1. The molecule has 1 N–H and O–H groups in total. The Hall–Kier alpha value is -2.45. The Bertz CT molecular complexity index is 1270. The molecule has 0 bridgehead atoms. The average molecular weight is 564 g/mol. The van der Waals surface area contributed by atoms with Crippen LogP contribution >= 0.6 is 11.8 Å². The molecule has 1 aromatic heterocycles. The summed E-state index contributed by atoms with van der Waals surface area (Å²) in [6, 6.07) is 9.72. The van der Waals surface area contributed by atoms with Crippen molar-refractivity contribution in [3.8, 4) is 11.1 Å². The maximum absolute atomic E-state index is 16.5. The Morgan fingerprint density at radius 1 is 0.974 bits per heavy atom. The zero-order valence-corrected chi connectivity index (χ0v) is 23.3. The summed E-state index contributed by atoms with van der Waals surface area (Å²) in [6.45, 7) is 8.12. The van der Waals surface area contributed by atoms with Gasteiger partial charge >= 0.3 is 6.18 Å². The van der Waals surface area contributed by atoms with Gasteiger partial charge in [-0.25, -0.2) is 8.78 Å². The fraction of sp³-hybridized carbons (Fsp3) is 0.452. The molecule has 3 atom stereocenters. The molecule has 3 aromatic rings. The van der Waals surface area contributed by atoms with Gasteiger partial charge in [-0.3, -0.25) is 4.98 Å². The Morgan fingerprint density at radius 2 is 1.62 bits per heavy atom. The summed E-state index contributed by atoms with van der Waals surface area (Å²) in [4.78, 5) is 4.97. The van der Waals surface area contributed by atoms with Gasteiger partial charge in [0, 0.05) is 16.4 Å². The lowest BCUT2D eigenvalue weighted by atomic mass is 9.80. The van der Waals surface area contributed by atoms with E-state index >= 15 is 4.39 Å². The van der Waals surface area contributed by atoms with Crippen LogP contribution in [0.4, 0.5) is 22.0 Å². The number of fused-ring (bicyclic) bond motifs is 1. The Labute approximate surface area is 231 Å². The smallest absolute Gasteiger partial charge is 0.388 e. The number of aliphatic hydroxyl groups excluding tert-OH is 1. The minimum Gasteiger partial charge on any atom is -0.388 e. The first kappa shape index (κ1) is 29.5. The van der Waals surface area contributed by atoms with Crippen molar-refractivity contribution in [3.63, 3.8) is 0 Å². The van der Waals surface area contributed by atoms with Crippen LogP contribution in [0.5, 0.6) is 0 Å². The summed E-state index contributed by atoms with van der Waals surface area (Å²) in [6.07, 6.45) is -5.01. The van der Waals surface area contributed by atoms with Gasteiger partial charge < -0.3 is 5.11 Å². The van der Waals surface area contributed by atoms with Gasteiger partial charge in [0.25, 0.3) is 0 Å². The largest absolute Gasteiger partial charge is 0.416 e. The molecule has 2 nitrogen and oxygen atoms in total. The molecule has 0 saturated heterocycles. The van der Waals surface area contributed by atoms with E-state index in [9.17, 15) is 22.7 Å². The molecule has 0 aliphatic heterocycles. The third-order valence-electron chi connectivity index (χ3n) is 7.15. The van der Waals surface area contributed by atoms with Crippen LogP contribution in [0.2, 0.25) is 0 Å². The third kappa shape index (κ3) is 6.49. The fourth-order valence-corrected chi connectivity index (χ4v) is 6.60. The minimum atomic E-state index is -4.54. The highest BCUT2D eigenvalue weighted by atomic mass is 32.2. The normalized spacial score (nSPS) is 18.5. The van der Waals surface area contributed by atoms with Gasteiger partial charge in [-0.1, -0.05) is 52.0 Å². The van der Waals surface area contributed by atoms with Crippen LogP contribution in [-0.2, 0) is 6.18 Å². The van der Waals surface area contributed by atoms with Gasteiger partial charge in [-0.05, 0) is 77.8 Å². The van der Waals surface area contributed by atoms with E-state index in [1.165, 1.54) is 12.1 Å². The molecule has 2 aromatic carbocycles. The zero-order valence-electron chi connectivity index (χ0n) is 22.5. The molecule has 1 heterocycles. The molecular weight excluding hydrogens is 529 g/mol. The highest BCUT2D eigenvalue weighted by Gasteiger charge is 2.37. The maximum atomic E-state index is 16.5. The first-order valence-electron chi connectivity index (χ1n) is 13.3. The molecule has 3 unspecified atom stereocenters. The van der Waals surface area contributed by atoms with Crippen LogP contribution in [0.25, 0.3) is 11.1 Å². The number of aliphatic hydroxyl groups is 1. The minimum absolute atomic E-state index is 0.0111. The molecular formula is C31H34F5NOS. The molecule has 39 heavy (non-hydrogen) atoms. The molecule has 210 valence electrons. The second kappa shape index (κ2) is 12.0. The second-order valence-corrected chi connectivity index (χ2v) is 12.2. The topological polar surface area (TPSA) is 33.1 Å². The molecule has 0 amide bonds. The van der Waals surface area contributed by atoms with Crippen molar-refractivity contribution in [2.45, 2.75) is 76.6 Å². The SMILES string of the molecule is CC(C)CCSC1CCC(O)c2c1nc(C(C)C)c(C(F)c1ccc(C(F)(F)F)cc1)c2-c1ccc(F)cc1. The Kier molecular flexibility index (Phi) is 9.06. The van der Waals surface area contributed by atoms with Gasteiger partial charge in [0.05, 0.1) is 23.1 Å². The van der Waals surface area contributed by atoms with Crippen LogP contribution in [0.15, 0.2) is 48.5 Å². The lowest BCUT2D eigenvalue weighted by Crippen LogP contribution is -2.21. The van der Waals surface area contributed by atoms with E-state index in [0.29, 0.717) is 40.4 Å². The molecule has 0 radical (unpaired) electrons. The quantitative estimate of drug-likeness (QED) is 0.277. The summed E-state index contributed by atoms with van der Waals surface area (Å²) in [7, 11) is 0. The average Bonchev–Trinajstić information content (AvgIpc) is 2.88. The first-order valence-corrected chi connectivity index (χ1v) is 14.4. The zero-order chi connectivity index (χ0) is 28.5.